The number of nitrogens with zero attached hydrogens (tertiary/aromatic N) is 1. The minimum atomic E-state index is -0.128. The lowest BCUT2D eigenvalue weighted by Gasteiger charge is -2.27. The molecule has 35 heavy (non-hydrogen) atoms. The van der Waals surface area contributed by atoms with E-state index in [4.69, 9.17) is 26.4 Å². The zero-order valence-corrected chi connectivity index (χ0v) is 20.8. The van der Waals surface area contributed by atoms with Crippen molar-refractivity contribution in [3.63, 3.8) is 0 Å². The molecule has 7 nitrogen and oxygen atoms in total. The van der Waals surface area contributed by atoms with E-state index in [1.807, 2.05) is 18.2 Å². The van der Waals surface area contributed by atoms with E-state index in [0.717, 1.165) is 36.8 Å². The third-order valence-corrected chi connectivity index (χ3v) is 6.89. The third kappa shape index (κ3) is 5.77. The van der Waals surface area contributed by atoms with Crippen LogP contribution >= 0.6 is 12.2 Å². The minimum absolute atomic E-state index is 0.128. The second-order valence-corrected chi connectivity index (χ2v) is 9.58. The zero-order chi connectivity index (χ0) is 24.2. The molecule has 0 radical (unpaired) electrons. The number of aromatic amines is 1. The van der Waals surface area contributed by atoms with E-state index >= 15 is 0 Å². The van der Waals surface area contributed by atoms with Crippen LogP contribution in [0.3, 0.4) is 0 Å². The van der Waals surface area contributed by atoms with Gasteiger partial charge < -0.3 is 29.4 Å². The molecule has 8 heteroatoms. The Labute approximate surface area is 210 Å². The van der Waals surface area contributed by atoms with Crippen molar-refractivity contribution in [1.29, 1.82) is 0 Å². The number of ether oxygens (including phenoxy) is 3. The minimum Gasteiger partial charge on any atom is -0.486 e. The monoisotopic (exact) mass is 493 g/mol. The number of H-pyrrole nitrogens is 1. The summed E-state index contributed by atoms with van der Waals surface area (Å²) in [5, 5.41) is 4.91. The van der Waals surface area contributed by atoms with Crippen LogP contribution in [0.1, 0.15) is 29.5 Å². The highest BCUT2D eigenvalue weighted by Crippen LogP contribution is 2.33. The Kier molecular flexibility index (Phi) is 7.20. The molecule has 0 bridgehead atoms. The molecular weight excluding hydrogens is 462 g/mol. The number of rotatable bonds is 7. The van der Waals surface area contributed by atoms with Gasteiger partial charge in [-0.25, -0.2) is 0 Å². The summed E-state index contributed by atoms with van der Waals surface area (Å²) in [6.07, 6.45) is 3.14. The predicted octanol–water partition coefficient (Wildman–Crippen LogP) is 3.71. The normalized spacial score (nSPS) is 16.9. The summed E-state index contributed by atoms with van der Waals surface area (Å²) in [5.74, 6) is 1.36. The summed E-state index contributed by atoms with van der Waals surface area (Å²) in [6, 6.07) is 14.2. The van der Waals surface area contributed by atoms with Crippen molar-refractivity contribution in [1.82, 2.24) is 15.2 Å². The van der Waals surface area contributed by atoms with Crippen LogP contribution in [0.25, 0.3) is 10.9 Å². The zero-order valence-electron chi connectivity index (χ0n) is 20.0. The Morgan fingerprint density at radius 3 is 2.74 bits per heavy atom. The van der Waals surface area contributed by atoms with Gasteiger partial charge in [-0.15, -0.1) is 0 Å². The number of fused-ring (bicyclic) bond motifs is 2. The van der Waals surface area contributed by atoms with Crippen molar-refractivity contribution in [2.24, 2.45) is 0 Å². The van der Waals surface area contributed by atoms with Crippen molar-refractivity contribution in [2.45, 2.75) is 38.8 Å². The molecule has 0 saturated carbocycles. The predicted molar refractivity (Wildman–Crippen MR) is 140 cm³/mol. The average molecular weight is 494 g/mol. The van der Waals surface area contributed by atoms with Gasteiger partial charge in [0.15, 0.2) is 16.6 Å². The molecule has 2 aliphatic rings. The maximum absolute atomic E-state index is 13.0. The molecule has 0 aliphatic carbocycles. The molecule has 1 aromatic heterocycles. The van der Waals surface area contributed by atoms with Gasteiger partial charge in [-0.2, -0.15) is 0 Å². The SMILES string of the molecule is Cc1cccc(CCN(Cc2cc3cc4c(cc3[nH]c2=O)OCCO4)C(=S)NCC2CCCO2)c1. The number of aromatic nitrogens is 1. The molecule has 0 spiro atoms. The Balaban J connectivity index is 1.37. The fraction of sp³-hybridized carbons (Fsp3) is 0.407. The van der Waals surface area contributed by atoms with Crippen molar-refractivity contribution < 1.29 is 14.2 Å². The maximum Gasteiger partial charge on any atom is 0.253 e. The summed E-state index contributed by atoms with van der Waals surface area (Å²) >= 11 is 5.78. The number of pyridine rings is 1. The van der Waals surface area contributed by atoms with Gasteiger partial charge >= 0.3 is 0 Å². The molecule has 1 atom stereocenters. The number of benzene rings is 2. The van der Waals surface area contributed by atoms with Gasteiger partial charge in [0.1, 0.15) is 13.2 Å². The van der Waals surface area contributed by atoms with Gasteiger partial charge in [0.2, 0.25) is 0 Å². The number of nitrogens with one attached hydrogen (secondary N) is 2. The molecule has 2 aliphatic heterocycles. The van der Waals surface area contributed by atoms with Crippen molar-refractivity contribution >= 4 is 28.2 Å². The summed E-state index contributed by atoms with van der Waals surface area (Å²) in [4.78, 5) is 18.1. The summed E-state index contributed by atoms with van der Waals surface area (Å²) in [6.45, 7) is 5.71. The molecule has 2 N–H and O–H groups in total. The van der Waals surface area contributed by atoms with Crippen molar-refractivity contribution in [3.8, 4) is 11.5 Å². The van der Waals surface area contributed by atoms with E-state index in [2.05, 4.69) is 46.4 Å². The molecule has 3 heterocycles. The second-order valence-electron chi connectivity index (χ2n) is 9.19. The Bertz CT molecular complexity index is 1270. The van der Waals surface area contributed by atoms with Crippen molar-refractivity contribution in [3.05, 3.63) is 69.5 Å². The highest BCUT2D eigenvalue weighted by atomic mass is 32.1. The van der Waals surface area contributed by atoms with Crippen LogP contribution in [0, 0.1) is 6.92 Å². The first-order valence-electron chi connectivity index (χ1n) is 12.2. The lowest BCUT2D eigenvalue weighted by molar-refractivity contribution is 0.113. The molecule has 3 aromatic rings. The van der Waals surface area contributed by atoms with Gasteiger partial charge in [-0.3, -0.25) is 4.79 Å². The molecule has 0 amide bonds. The van der Waals surface area contributed by atoms with E-state index in [1.165, 1.54) is 11.1 Å². The third-order valence-electron chi connectivity index (χ3n) is 6.49. The molecule has 1 unspecified atom stereocenters. The summed E-state index contributed by atoms with van der Waals surface area (Å²) in [5.41, 5.74) is 3.73. The molecule has 5 rings (SSSR count). The quantitative estimate of drug-likeness (QED) is 0.486. The summed E-state index contributed by atoms with van der Waals surface area (Å²) in [7, 11) is 0. The van der Waals surface area contributed by atoms with E-state index in [1.54, 1.807) is 0 Å². The Hall–Kier alpha value is -3.10. The fourth-order valence-electron chi connectivity index (χ4n) is 4.61. The van der Waals surface area contributed by atoms with Crippen LogP contribution in [0.4, 0.5) is 0 Å². The van der Waals surface area contributed by atoms with E-state index in [9.17, 15) is 4.79 Å². The lowest BCUT2D eigenvalue weighted by atomic mass is 10.1. The van der Waals surface area contributed by atoms with Gasteiger partial charge in [0.05, 0.1) is 18.2 Å². The number of hydrogen-bond donors (Lipinski definition) is 2. The first-order valence-corrected chi connectivity index (χ1v) is 12.6. The van der Waals surface area contributed by atoms with Crippen LogP contribution in [-0.2, 0) is 17.7 Å². The standard InChI is InChI=1S/C27H31N3O4S/c1-18-4-2-5-19(12-18)7-8-30(27(35)28-16-22-6-3-9-32-22)17-21-13-20-14-24-25(34-11-10-33-24)15-23(20)29-26(21)31/h2,4-5,12-15,22H,3,6-11,16-17H2,1H3,(H,28,35)(H,29,31). The molecule has 184 valence electrons. The maximum atomic E-state index is 13.0. The largest absolute Gasteiger partial charge is 0.486 e. The highest BCUT2D eigenvalue weighted by molar-refractivity contribution is 7.80. The fourth-order valence-corrected chi connectivity index (χ4v) is 4.85. The van der Waals surface area contributed by atoms with Gasteiger partial charge in [0.25, 0.3) is 5.56 Å². The number of hydrogen-bond acceptors (Lipinski definition) is 5. The van der Waals surface area contributed by atoms with Crippen molar-refractivity contribution in [2.75, 3.05) is 32.9 Å². The van der Waals surface area contributed by atoms with E-state index in [0.29, 0.717) is 55.0 Å². The Morgan fingerprint density at radius 1 is 1.14 bits per heavy atom. The first-order chi connectivity index (χ1) is 17.0. The molecular formula is C27H31N3O4S. The lowest BCUT2D eigenvalue weighted by Crippen LogP contribution is -2.43. The smallest absolute Gasteiger partial charge is 0.253 e. The number of aryl methyl sites for hydroxylation is 1. The topological polar surface area (TPSA) is 75.8 Å². The molecule has 1 fully saturated rings. The van der Waals surface area contributed by atoms with Crippen LogP contribution in [0.2, 0.25) is 0 Å². The van der Waals surface area contributed by atoms with Gasteiger partial charge in [-0.1, -0.05) is 29.8 Å². The van der Waals surface area contributed by atoms with Crippen LogP contribution in [0.15, 0.2) is 47.3 Å². The second kappa shape index (κ2) is 10.7. The average Bonchev–Trinajstić information content (AvgIpc) is 3.38. The summed E-state index contributed by atoms with van der Waals surface area (Å²) < 4.78 is 17.1. The van der Waals surface area contributed by atoms with E-state index < -0.39 is 0 Å². The number of thiocarbonyl (C=S) groups is 1. The van der Waals surface area contributed by atoms with E-state index in [-0.39, 0.29) is 11.7 Å². The molecule has 1 saturated heterocycles. The van der Waals surface area contributed by atoms with Crippen LogP contribution < -0.4 is 20.3 Å². The van der Waals surface area contributed by atoms with Crippen LogP contribution in [0.5, 0.6) is 11.5 Å². The van der Waals surface area contributed by atoms with Gasteiger partial charge in [-0.05, 0) is 56.1 Å². The van der Waals surface area contributed by atoms with Crippen LogP contribution in [-0.4, -0.2) is 54.0 Å². The molecule has 2 aromatic carbocycles. The van der Waals surface area contributed by atoms with Gasteiger partial charge in [0, 0.05) is 36.7 Å². The highest BCUT2D eigenvalue weighted by Gasteiger charge is 2.19. The Morgan fingerprint density at radius 2 is 1.97 bits per heavy atom. The first kappa shape index (κ1) is 23.6.